The second-order valence-electron chi connectivity index (χ2n) is 2.30. The molecule has 0 spiro atoms. The molecule has 0 saturated heterocycles. The molecule has 70 valence electrons. The van der Waals surface area contributed by atoms with Gasteiger partial charge in [-0.2, -0.15) is 0 Å². The Bertz CT molecular complexity index is 341. The number of hydrogen-bond donors (Lipinski definition) is 2. The molecule has 1 aromatic rings. The van der Waals surface area contributed by atoms with Gasteiger partial charge in [0.2, 0.25) is 0 Å². The van der Waals surface area contributed by atoms with E-state index in [4.69, 9.17) is 10.8 Å². The molecule has 0 saturated carbocycles. The van der Waals surface area contributed by atoms with Crippen LogP contribution in [0, 0.1) is 0 Å². The monoisotopic (exact) mass is 188 g/mol. The molecule has 0 bridgehead atoms. The van der Waals surface area contributed by atoms with Crippen LogP contribution in [0.5, 0.6) is 5.75 Å². The Kier molecular flexibility index (Phi) is 2.41. The van der Waals surface area contributed by atoms with Crippen LogP contribution in [0.4, 0.5) is 8.78 Å². The van der Waals surface area contributed by atoms with Crippen LogP contribution in [0.25, 0.3) is 0 Å². The van der Waals surface area contributed by atoms with Gasteiger partial charge in [-0.15, -0.1) is 0 Å². The minimum Gasteiger partial charge on any atom is -0.505 e. The van der Waals surface area contributed by atoms with E-state index < -0.39 is 29.3 Å². The van der Waals surface area contributed by atoms with Gasteiger partial charge in [-0.25, -0.2) is 13.8 Å². The average Bonchev–Trinajstić information content (AvgIpc) is 2.03. The molecule has 4 nitrogen and oxygen atoms in total. The van der Waals surface area contributed by atoms with Gasteiger partial charge in [0.15, 0.2) is 5.69 Å². The molecule has 0 unspecified atom stereocenters. The molecule has 1 heterocycles. The minimum atomic E-state index is -2.74. The molecule has 0 radical (unpaired) electrons. The number of alkyl halides is 2. The number of amides is 1. The Morgan fingerprint density at radius 2 is 2.23 bits per heavy atom. The molecule has 0 aliphatic carbocycles. The number of hydrogen-bond acceptors (Lipinski definition) is 3. The highest BCUT2D eigenvalue weighted by Crippen LogP contribution is 2.23. The van der Waals surface area contributed by atoms with Crippen molar-refractivity contribution >= 4 is 5.91 Å². The van der Waals surface area contributed by atoms with Crippen LogP contribution in [0.3, 0.4) is 0 Å². The van der Waals surface area contributed by atoms with Crippen molar-refractivity contribution < 1.29 is 18.7 Å². The molecule has 13 heavy (non-hydrogen) atoms. The summed E-state index contributed by atoms with van der Waals surface area (Å²) in [5, 5.41) is 9.01. The summed E-state index contributed by atoms with van der Waals surface area (Å²) < 4.78 is 24.0. The quantitative estimate of drug-likeness (QED) is 0.721. The molecule has 0 atom stereocenters. The molecule has 0 aliphatic heterocycles. The lowest BCUT2D eigenvalue weighted by Gasteiger charge is -2.02. The summed E-state index contributed by atoms with van der Waals surface area (Å²) in [5.74, 6) is -1.59. The Labute approximate surface area is 72.0 Å². The summed E-state index contributed by atoms with van der Waals surface area (Å²) in [6, 6.07) is 0.762. The summed E-state index contributed by atoms with van der Waals surface area (Å²) >= 11 is 0. The second-order valence-corrected chi connectivity index (χ2v) is 2.30. The topological polar surface area (TPSA) is 76.2 Å². The number of pyridine rings is 1. The predicted octanol–water partition coefficient (Wildman–Crippen LogP) is 0.824. The van der Waals surface area contributed by atoms with Crippen LogP contribution in [-0.2, 0) is 0 Å². The normalized spacial score (nSPS) is 10.4. The zero-order valence-corrected chi connectivity index (χ0v) is 6.37. The van der Waals surface area contributed by atoms with Crippen LogP contribution >= 0.6 is 0 Å². The van der Waals surface area contributed by atoms with Crippen LogP contribution in [-0.4, -0.2) is 16.0 Å². The Morgan fingerprint density at radius 3 is 2.62 bits per heavy atom. The van der Waals surface area contributed by atoms with E-state index in [0.717, 1.165) is 12.3 Å². The van der Waals surface area contributed by atoms with Gasteiger partial charge < -0.3 is 10.8 Å². The fourth-order valence-electron chi connectivity index (χ4n) is 0.778. The van der Waals surface area contributed by atoms with E-state index >= 15 is 0 Å². The first kappa shape index (κ1) is 9.37. The van der Waals surface area contributed by atoms with Crippen LogP contribution in [0.15, 0.2) is 12.3 Å². The molecule has 1 amide bonds. The molecule has 0 aromatic carbocycles. The van der Waals surface area contributed by atoms with Crippen molar-refractivity contribution in [3.8, 4) is 5.75 Å². The lowest BCUT2D eigenvalue weighted by molar-refractivity contribution is 0.0991. The lowest BCUT2D eigenvalue weighted by atomic mass is 10.2. The van der Waals surface area contributed by atoms with Gasteiger partial charge in [-0.1, -0.05) is 0 Å². The SMILES string of the molecule is NC(=O)c1ncc(C(F)F)cc1O. The smallest absolute Gasteiger partial charge is 0.271 e. The third-order valence-corrected chi connectivity index (χ3v) is 1.37. The van der Waals surface area contributed by atoms with Crippen molar-refractivity contribution in [1.29, 1.82) is 0 Å². The molecule has 1 aromatic heterocycles. The molecule has 0 aliphatic rings. The maximum atomic E-state index is 12.0. The first-order valence-corrected chi connectivity index (χ1v) is 3.29. The van der Waals surface area contributed by atoms with Crippen molar-refractivity contribution in [3.63, 3.8) is 0 Å². The van der Waals surface area contributed by atoms with Gasteiger partial charge in [-0.3, -0.25) is 4.79 Å². The predicted molar refractivity (Wildman–Crippen MR) is 39.4 cm³/mol. The van der Waals surface area contributed by atoms with E-state index in [9.17, 15) is 13.6 Å². The molecular formula is C7H6F2N2O2. The standard InChI is InChI=1S/C7H6F2N2O2/c8-6(9)3-1-4(12)5(7(10)13)11-2-3/h1-2,6,12H,(H2,10,13). The molecule has 0 fully saturated rings. The number of carbonyl (C=O) groups is 1. The van der Waals surface area contributed by atoms with E-state index in [1.54, 1.807) is 0 Å². The zero-order chi connectivity index (χ0) is 10.0. The first-order chi connectivity index (χ1) is 6.02. The van der Waals surface area contributed by atoms with E-state index in [1.165, 1.54) is 0 Å². The summed E-state index contributed by atoms with van der Waals surface area (Å²) in [7, 11) is 0. The molecule has 1 rings (SSSR count). The summed E-state index contributed by atoms with van der Waals surface area (Å²) in [4.78, 5) is 13.8. The number of primary amides is 1. The van der Waals surface area contributed by atoms with Crippen molar-refractivity contribution in [2.24, 2.45) is 5.73 Å². The number of aromatic hydroxyl groups is 1. The fraction of sp³-hybridized carbons (Fsp3) is 0.143. The number of halogens is 2. The summed E-state index contributed by atoms with van der Waals surface area (Å²) in [5.41, 5.74) is 3.92. The minimum absolute atomic E-state index is 0.413. The number of carbonyl (C=O) groups excluding carboxylic acids is 1. The summed E-state index contributed by atoms with van der Waals surface area (Å²) in [6.07, 6.45) is -1.94. The Hall–Kier alpha value is -1.72. The number of rotatable bonds is 2. The molecular weight excluding hydrogens is 182 g/mol. The Morgan fingerprint density at radius 1 is 1.62 bits per heavy atom. The third-order valence-electron chi connectivity index (χ3n) is 1.37. The van der Waals surface area contributed by atoms with Crippen molar-refractivity contribution in [2.75, 3.05) is 0 Å². The molecule has 6 heteroatoms. The van der Waals surface area contributed by atoms with E-state index in [-0.39, 0.29) is 0 Å². The maximum absolute atomic E-state index is 12.0. The number of aromatic nitrogens is 1. The van der Waals surface area contributed by atoms with Crippen LogP contribution < -0.4 is 5.73 Å². The highest BCUT2D eigenvalue weighted by atomic mass is 19.3. The van der Waals surface area contributed by atoms with Gasteiger partial charge in [0, 0.05) is 11.8 Å². The van der Waals surface area contributed by atoms with Crippen molar-refractivity contribution in [2.45, 2.75) is 6.43 Å². The number of nitrogens with two attached hydrogens (primary N) is 1. The molecule has 3 N–H and O–H groups in total. The highest BCUT2D eigenvalue weighted by Gasteiger charge is 2.14. The lowest BCUT2D eigenvalue weighted by Crippen LogP contribution is -2.13. The van der Waals surface area contributed by atoms with E-state index in [1.807, 2.05) is 0 Å². The average molecular weight is 188 g/mol. The van der Waals surface area contributed by atoms with Crippen molar-refractivity contribution in [1.82, 2.24) is 4.98 Å². The van der Waals surface area contributed by atoms with Gasteiger partial charge >= 0.3 is 0 Å². The van der Waals surface area contributed by atoms with Gasteiger partial charge in [0.1, 0.15) is 5.75 Å². The fourth-order valence-corrected chi connectivity index (χ4v) is 0.778. The number of nitrogens with zero attached hydrogens (tertiary/aromatic N) is 1. The van der Waals surface area contributed by atoms with Crippen LogP contribution in [0.1, 0.15) is 22.5 Å². The van der Waals surface area contributed by atoms with Crippen molar-refractivity contribution in [3.05, 3.63) is 23.5 Å². The zero-order valence-electron chi connectivity index (χ0n) is 6.37. The van der Waals surface area contributed by atoms with E-state index in [2.05, 4.69) is 4.98 Å². The Balaban J connectivity index is 3.13. The maximum Gasteiger partial charge on any atom is 0.271 e. The highest BCUT2D eigenvalue weighted by molar-refractivity contribution is 5.93. The van der Waals surface area contributed by atoms with Gasteiger partial charge in [0.25, 0.3) is 12.3 Å². The van der Waals surface area contributed by atoms with Gasteiger partial charge in [0.05, 0.1) is 0 Å². The third kappa shape index (κ3) is 1.90. The second kappa shape index (κ2) is 3.34. The van der Waals surface area contributed by atoms with Crippen LogP contribution in [0.2, 0.25) is 0 Å². The van der Waals surface area contributed by atoms with E-state index in [0.29, 0.717) is 0 Å². The summed E-state index contributed by atoms with van der Waals surface area (Å²) in [6.45, 7) is 0. The van der Waals surface area contributed by atoms with Gasteiger partial charge in [-0.05, 0) is 6.07 Å². The first-order valence-electron chi connectivity index (χ1n) is 3.29. The largest absolute Gasteiger partial charge is 0.505 e.